The molecule has 3 aromatic carbocycles. The van der Waals surface area contributed by atoms with Crippen molar-refractivity contribution in [1.82, 2.24) is 0 Å². The van der Waals surface area contributed by atoms with Gasteiger partial charge in [-0.05, 0) is 36.4 Å². The average Bonchev–Trinajstić information content (AvgIpc) is 2.61. The van der Waals surface area contributed by atoms with Crippen LogP contribution in [-0.4, -0.2) is 32.7 Å². The van der Waals surface area contributed by atoms with Crippen molar-refractivity contribution in [2.45, 2.75) is 0 Å². The highest BCUT2D eigenvalue weighted by atomic mass is 31.2. The summed E-state index contributed by atoms with van der Waals surface area (Å²) in [6.45, 7) is 0. The number of hydrogen-bond acceptors (Lipinski definition) is 0. The number of nitrogens with zero attached hydrogens (tertiary/aromatic N) is 1. The van der Waals surface area contributed by atoms with Crippen molar-refractivity contribution < 1.29 is 4.39 Å². The van der Waals surface area contributed by atoms with Crippen LogP contribution in [0.3, 0.4) is 0 Å². The highest BCUT2D eigenvalue weighted by molar-refractivity contribution is 8.15. The Hall–Kier alpha value is -1.89. The second-order valence-electron chi connectivity index (χ2n) is 6.96. The molecule has 1 radical (unpaired) electrons. The summed E-state index contributed by atoms with van der Waals surface area (Å²) >= 11 is 0. The molecule has 24 heavy (non-hydrogen) atoms. The second kappa shape index (κ2) is 6.93. The van der Waals surface area contributed by atoms with E-state index in [2.05, 4.69) is 119 Å². The average molecular weight is 332 g/mol. The highest BCUT2D eigenvalue weighted by Gasteiger charge is 2.56. The molecule has 0 aliphatic carbocycles. The van der Waals surface area contributed by atoms with Crippen molar-refractivity contribution >= 4 is 30.2 Å². The predicted octanol–water partition coefficient (Wildman–Crippen LogP) is 3.22. The molecule has 0 aliphatic heterocycles. The first-order valence-corrected chi connectivity index (χ1v) is 10.1. The lowest BCUT2D eigenvalue weighted by Gasteiger charge is -2.30. The molecule has 0 N–H and O–H groups in total. The molecule has 0 fully saturated rings. The van der Waals surface area contributed by atoms with Crippen molar-refractivity contribution in [1.29, 1.82) is 0 Å². The summed E-state index contributed by atoms with van der Waals surface area (Å²) in [7, 11) is 7.43. The van der Waals surface area contributed by atoms with Crippen LogP contribution in [0, 0.1) is 0 Å². The fourth-order valence-electron chi connectivity index (χ4n) is 3.16. The standard InChI is InChI=1S/C21H24BNP/c1-23(2,3)22-24(19-13-7-4-8-14-19,20-15-9-5-10-16-20)21-17-11-6-12-18-21/h4-18H,1-3H3/q+2. The fourth-order valence-corrected chi connectivity index (χ4v) is 7.42. The maximum atomic E-state index is 2.53. The van der Waals surface area contributed by atoms with Gasteiger partial charge in [0, 0.05) is 0 Å². The van der Waals surface area contributed by atoms with E-state index in [1.54, 1.807) is 0 Å². The number of quaternary nitrogens is 1. The molecule has 0 heterocycles. The van der Waals surface area contributed by atoms with E-state index in [1.165, 1.54) is 15.9 Å². The SMILES string of the molecule is C[N+](C)(C)[B][P+](c1ccccc1)(c1ccccc1)c1ccccc1. The van der Waals surface area contributed by atoms with Crippen LogP contribution in [0.5, 0.6) is 0 Å². The number of hydrogen-bond donors (Lipinski definition) is 0. The zero-order valence-electron chi connectivity index (χ0n) is 14.6. The van der Waals surface area contributed by atoms with E-state index < -0.39 is 7.14 Å². The van der Waals surface area contributed by atoms with Crippen LogP contribution >= 0.6 is 7.14 Å². The van der Waals surface area contributed by atoms with Gasteiger partial charge >= 0.3 is 7.13 Å². The molecule has 119 valence electrons. The minimum atomic E-state index is -1.83. The van der Waals surface area contributed by atoms with Gasteiger partial charge in [-0.2, -0.15) is 0 Å². The van der Waals surface area contributed by atoms with Crippen LogP contribution in [-0.2, 0) is 0 Å². The van der Waals surface area contributed by atoms with Crippen LogP contribution in [0.15, 0.2) is 91.0 Å². The molecule has 3 heteroatoms. The van der Waals surface area contributed by atoms with Gasteiger partial charge in [0.1, 0.15) is 7.14 Å². The molecule has 3 rings (SSSR count). The third-order valence-electron chi connectivity index (χ3n) is 4.01. The Balaban J connectivity index is 2.33. The fraction of sp³-hybridized carbons (Fsp3) is 0.143. The minimum absolute atomic E-state index is 0.812. The quantitative estimate of drug-likeness (QED) is 0.497. The van der Waals surface area contributed by atoms with Crippen LogP contribution in [0.4, 0.5) is 0 Å². The lowest BCUT2D eigenvalue weighted by Crippen LogP contribution is -2.48. The van der Waals surface area contributed by atoms with Gasteiger partial charge in [-0.1, -0.05) is 54.6 Å². The summed E-state index contributed by atoms with van der Waals surface area (Å²) in [5.74, 6) is 0. The molecule has 0 bridgehead atoms. The number of rotatable bonds is 5. The van der Waals surface area contributed by atoms with E-state index in [0.29, 0.717) is 0 Å². The lowest BCUT2D eigenvalue weighted by atomic mass is 10.3. The third kappa shape index (κ3) is 3.46. The van der Waals surface area contributed by atoms with Gasteiger partial charge in [-0.15, -0.1) is 0 Å². The monoisotopic (exact) mass is 332 g/mol. The first-order valence-electron chi connectivity index (χ1n) is 8.26. The summed E-state index contributed by atoms with van der Waals surface area (Å²) in [6.07, 6.45) is 0. The molecular weight excluding hydrogens is 308 g/mol. The van der Waals surface area contributed by atoms with Crippen molar-refractivity contribution in [3.63, 3.8) is 0 Å². The summed E-state index contributed by atoms with van der Waals surface area (Å²) in [4.78, 5) is 0. The van der Waals surface area contributed by atoms with E-state index in [1.807, 2.05) is 0 Å². The molecule has 0 spiro atoms. The molecule has 0 saturated heterocycles. The minimum Gasteiger partial charge on any atom is -0.360 e. The molecule has 0 amide bonds. The van der Waals surface area contributed by atoms with Crippen molar-refractivity contribution in [3.8, 4) is 0 Å². The molecule has 0 unspecified atom stereocenters. The Morgan fingerprint density at radius 3 is 1.08 bits per heavy atom. The van der Waals surface area contributed by atoms with Crippen molar-refractivity contribution in [3.05, 3.63) is 91.0 Å². The molecular formula is C21H24BNP+2. The topological polar surface area (TPSA) is 0 Å². The maximum absolute atomic E-state index is 2.53. The van der Waals surface area contributed by atoms with Gasteiger partial charge in [0.2, 0.25) is 0 Å². The lowest BCUT2D eigenvalue weighted by molar-refractivity contribution is -0.752. The van der Waals surface area contributed by atoms with Gasteiger partial charge in [0.15, 0.2) is 0 Å². The molecule has 0 saturated carbocycles. The van der Waals surface area contributed by atoms with Gasteiger partial charge in [0.05, 0.1) is 37.1 Å². The van der Waals surface area contributed by atoms with Crippen LogP contribution in [0.2, 0.25) is 0 Å². The van der Waals surface area contributed by atoms with E-state index in [4.69, 9.17) is 0 Å². The Kier molecular flexibility index (Phi) is 4.89. The Morgan fingerprint density at radius 1 is 0.542 bits per heavy atom. The largest absolute Gasteiger partial charge is 0.701 e. The molecule has 3 aromatic rings. The van der Waals surface area contributed by atoms with Crippen molar-refractivity contribution in [2.24, 2.45) is 0 Å². The summed E-state index contributed by atoms with van der Waals surface area (Å²) in [6, 6.07) is 32.9. The Labute approximate surface area is 147 Å². The van der Waals surface area contributed by atoms with Crippen molar-refractivity contribution in [2.75, 3.05) is 21.1 Å². The summed E-state index contributed by atoms with van der Waals surface area (Å²) in [5.41, 5.74) is 0. The molecule has 1 nitrogen and oxygen atoms in total. The first kappa shape index (κ1) is 17.0. The Bertz CT molecular complexity index is 671. The zero-order chi connectivity index (χ0) is 17.0. The Morgan fingerprint density at radius 2 is 0.833 bits per heavy atom. The van der Waals surface area contributed by atoms with E-state index >= 15 is 0 Å². The van der Waals surface area contributed by atoms with Gasteiger partial charge in [-0.25, -0.2) is 0 Å². The van der Waals surface area contributed by atoms with Gasteiger partial charge in [-0.3, -0.25) is 0 Å². The van der Waals surface area contributed by atoms with Crippen LogP contribution in [0.1, 0.15) is 0 Å². The normalized spacial score (nSPS) is 12.0. The summed E-state index contributed by atoms with van der Waals surface area (Å²) < 4.78 is 0.812. The summed E-state index contributed by atoms with van der Waals surface area (Å²) in [5, 5.41) is 4.20. The van der Waals surface area contributed by atoms with Crippen LogP contribution in [0.25, 0.3) is 0 Å². The third-order valence-corrected chi connectivity index (χ3v) is 8.39. The molecule has 0 aromatic heterocycles. The second-order valence-corrected chi connectivity index (χ2v) is 10.2. The predicted molar refractivity (Wildman–Crippen MR) is 109 cm³/mol. The number of benzene rings is 3. The zero-order valence-corrected chi connectivity index (χ0v) is 15.5. The highest BCUT2D eigenvalue weighted by Crippen LogP contribution is 2.54. The van der Waals surface area contributed by atoms with Crippen LogP contribution < -0.4 is 15.9 Å². The van der Waals surface area contributed by atoms with E-state index in [-0.39, 0.29) is 0 Å². The molecule has 0 aliphatic rings. The van der Waals surface area contributed by atoms with E-state index in [0.717, 1.165) is 4.39 Å². The smallest absolute Gasteiger partial charge is 0.360 e. The molecule has 0 atom stereocenters. The van der Waals surface area contributed by atoms with E-state index in [9.17, 15) is 0 Å². The maximum Gasteiger partial charge on any atom is 0.701 e. The van der Waals surface area contributed by atoms with Gasteiger partial charge in [0.25, 0.3) is 0 Å². The van der Waals surface area contributed by atoms with Gasteiger partial charge < -0.3 is 4.39 Å². The first-order chi connectivity index (χ1) is 11.5.